The van der Waals surface area contributed by atoms with E-state index in [1.165, 1.54) is 0 Å². The molecule has 3 aromatic rings. The van der Waals surface area contributed by atoms with E-state index in [1.807, 2.05) is 36.4 Å². The number of aryl methyl sites for hydroxylation is 1. The van der Waals surface area contributed by atoms with Gasteiger partial charge >= 0.3 is 0 Å². The number of nitrogens with two attached hydrogens (primary N) is 1. The quantitative estimate of drug-likeness (QED) is 0.695. The summed E-state index contributed by atoms with van der Waals surface area (Å²) in [5.41, 5.74) is 9.66. The molecule has 0 aliphatic heterocycles. The zero-order valence-corrected chi connectivity index (χ0v) is 10.2. The van der Waals surface area contributed by atoms with E-state index in [2.05, 4.69) is 28.6 Å². The third-order valence-corrected chi connectivity index (χ3v) is 3.01. The predicted octanol–water partition coefficient (Wildman–Crippen LogP) is 2.97. The van der Waals surface area contributed by atoms with Gasteiger partial charge in [0.2, 0.25) is 0 Å². The van der Waals surface area contributed by atoms with Gasteiger partial charge in [-0.1, -0.05) is 19.1 Å². The molecule has 3 heteroatoms. The number of anilines is 1. The van der Waals surface area contributed by atoms with Gasteiger partial charge in [0.1, 0.15) is 5.82 Å². The first-order valence-electron chi connectivity index (χ1n) is 6.03. The van der Waals surface area contributed by atoms with E-state index in [9.17, 15) is 0 Å². The van der Waals surface area contributed by atoms with Gasteiger partial charge in [0.05, 0.1) is 11.0 Å². The molecular weight excluding hydrogens is 222 g/mol. The number of hydrogen-bond donors (Lipinski definition) is 1. The Morgan fingerprint density at radius 3 is 2.94 bits per heavy atom. The second-order valence-corrected chi connectivity index (χ2v) is 4.23. The number of imidazole rings is 1. The van der Waals surface area contributed by atoms with Gasteiger partial charge in [-0.3, -0.25) is 4.57 Å². The summed E-state index contributed by atoms with van der Waals surface area (Å²) in [6, 6.07) is 16.9. The second kappa shape index (κ2) is 4.18. The highest BCUT2D eigenvalue weighted by atomic mass is 15.1. The average Bonchev–Trinajstić information content (AvgIpc) is 2.77. The van der Waals surface area contributed by atoms with Crippen LogP contribution >= 0.6 is 0 Å². The number of benzene rings is 2. The lowest BCUT2D eigenvalue weighted by Gasteiger charge is -2.07. The van der Waals surface area contributed by atoms with Crippen LogP contribution in [-0.4, -0.2) is 9.55 Å². The maximum absolute atomic E-state index is 5.81. The van der Waals surface area contributed by atoms with Gasteiger partial charge in [0, 0.05) is 17.8 Å². The minimum atomic E-state index is 0.745. The summed E-state index contributed by atoms with van der Waals surface area (Å²) < 4.78 is 2.16. The number of nitrogen functional groups attached to an aromatic ring is 1. The van der Waals surface area contributed by atoms with Crippen LogP contribution in [0.25, 0.3) is 16.7 Å². The van der Waals surface area contributed by atoms with Crippen molar-refractivity contribution in [2.75, 3.05) is 5.73 Å². The number of rotatable bonds is 2. The smallest absolute Gasteiger partial charge is 0.114 e. The molecule has 2 aromatic carbocycles. The predicted molar refractivity (Wildman–Crippen MR) is 73.7 cm³/mol. The third kappa shape index (κ3) is 1.64. The number of aromatic nitrogens is 2. The van der Waals surface area contributed by atoms with Crippen LogP contribution in [0.3, 0.4) is 0 Å². The molecule has 0 bridgehead atoms. The number of fused-ring (bicyclic) bond motifs is 1. The van der Waals surface area contributed by atoms with Gasteiger partial charge in [-0.15, -0.1) is 0 Å². The highest BCUT2D eigenvalue weighted by molar-refractivity contribution is 5.81. The number of nitrogens with zero attached hydrogens (tertiary/aromatic N) is 2. The number of hydrogen-bond acceptors (Lipinski definition) is 2. The lowest BCUT2D eigenvalue weighted by molar-refractivity contribution is 0.908. The highest BCUT2D eigenvalue weighted by Crippen LogP contribution is 2.23. The van der Waals surface area contributed by atoms with Crippen molar-refractivity contribution in [1.29, 1.82) is 0 Å². The fourth-order valence-electron chi connectivity index (χ4n) is 2.20. The molecule has 0 atom stereocenters. The average molecular weight is 236 g/mol. The molecule has 1 aromatic heterocycles. The first-order chi connectivity index (χ1) is 8.79. The summed E-state index contributed by atoms with van der Waals surface area (Å²) in [7, 11) is 0. The van der Waals surface area contributed by atoms with E-state index in [0.717, 1.165) is 34.7 Å². The van der Waals surface area contributed by atoms with Crippen LogP contribution in [0.5, 0.6) is 0 Å². The second-order valence-electron chi connectivity index (χ2n) is 4.23. The monoisotopic (exact) mass is 236 g/mol. The minimum absolute atomic E-state index is 0.745. The summed E-state index contributed by atoms with van der Waals surface area (Å²) in [4.78, 5) is 4.64. The molecule has 3 nitrogen and oxygen atoms in total. The van der Waals surface area contributed by atoms with Crippen LogP contribution in [-0.2, 0) is 6.42 Å². The Bertz CT molecular complexity index is 684. The summed E-state index contributed by atoms with van der Waals surface area (Å²) in [5, 5.41) is 0. The molecule has 3 rings (SSSR count). The van der Waals surface area contributed by atoms with Gasteiger partial charge in [-0.2, -0.15) is 0 Å². The summed E-state index contributed by atoms with van der Waals surface area (Å²) in [6.45, 7) is 2.10. The Morgan fingerprint density at radius 1 is 1.33 bits per heavy atom. The summed E-state index contributed by atoms with van der Waals surface area (Å²) in [6.07, 6.45) is 0.878. The van der Waals surface area contributed by atoms with Gasteiger partial charge in [0.25, 0.3) is 0 Å². The normalized spacial score (nSPS) is 10.9. The van der Waals surface area contributed by atoms with Crippen molar-refractivity contribution >= 4 is 16.7 Å². The molecule has 0 saturated heterocycles. The minimum Gasteiger partial charge on any atom is -0.399 e. The fraction of sp³-hybridized carbons (Fsp3) is 0.133. The van der Waals surface area contributed by atoms with Gasteiger partial charge in [-0.25, -0.2) is 4.98 Å². The lowest BCUT2D eigenvalue weighted by Crippen LogP contribution is -1.99. The zero-order chi connectivity index (χ0) is 12.5. The molecule has 0 aliphatic rings. The van der Waals surface area contributed by atoms with Crippen molar-refractivity contribution in [1.82, 2.24) is 9.55 Å². The van der Waals surface area contributed by atoms with Gasteiger partial charge in [-0.05, 0) is 36.4 Å². The first-order valence-corrected chi connectivity index (χ1v) is 6.03. The summed E-state index contributed by atoms with van der Waals surface area (Å²) in [5.74, 6) is 1.04. The molecule has 0 aliphatic carbocycles. The van der Waals surface area contributed by atoms with Crippen molar-refractivity contribution in [3.63, 3.8) is 0 Å². The molecule has 0 spiro atoms. The third-order valence-electron chi connectivity index (χ3n) is 3.01. The standard InChI is InChI=1S/C15H14N3/c1-2-15-17-13-10-11(16)8-9-14(13)18(15)12-6-4-3-5-7-12/h3-4,6-10H,2,16H2,1H3. The maximum Gasteiger partial charge on any atom is 0.114 e. The fourth-order valence-corrected chi connectivity index (χ4v) is 2.20. The SMILES string of the molecule is CCc1nc2cc(N)ccc2n1-c1c[c]ccc1. The van der Waals surface area contributed by atoms with Crippen LogP contribution in [0.15, 0.2) is 42.5 Å². The molecule has 2 N–H and O–H groups in total. The molecule has 0 saturated carbocycles. The Hall–Kier alpha value is -2.29. The molecule has 18 heavy (non-hydrogen) atoms. The van der Waals surface area contributed by atoms with Gasteiger partial charge < -0.3 is 5.73 Å². The van der Waals surface area contributed by atoms with Crippen molar-refractivity contribution < 1.29 is 0 Å². The highest BCUT2D eigenvalue weighted by Gasteiger charge is 2.10. The van der Waals surface area contributed by atoms with E-state index >= 15 is 0 Å². The molecule has 0 unspecified atom stereocenters. The van der Waals surface area contributed by atoms with Crippen molar-refractivity contribution in [3.8, 4) is 5.69 Å². The first kappa shape index (κ1) is 10.8. The lowest BCUT2D eigenvalue weighted by atomic mass is 10.2. The van der Waals surface area contributed by atoms with E-state index < -0.39 is 0 Å². The molecule has 89 valence electrons. The van der Waals surface area contributed by atoms with E-state index in [4.69, 9.17) is 5.73 Å². The van der Waals surface area contributed by atoms with Crippen molar-refractivity contribution in [2.45, 2.75) is 13.3 Å². The molecule has 0 fully saturated rings. The Kier molecular flexibility index (Phi) is 2.52. The van der Waals surface area contributed by atoms with Crippen LogP contribution in [0.1, 0.15) is 12.7 Å². The van der Waals surface area contributed by atoms with E-state index in [0.29, 0.717) is 0 Å². The largest absolute Gasteiger partial charge is 0.399 e. The Balaban J connectivity index is 2.33. The molecule has 1 heterocycles. The van der Waals surface area contributed by atoms with E-state index in [1.54, 1.807) is 0 Å². The van der Waals surface area contributed by atoms with Crippen LogP contribution < -0.4 is 5.73 Å². The van der Waals surface area contributed by atoms with Crippen molar-refractivity contribution in [3.05, 3.63) is 54.4 Å². The van der Waals surface area contributed by atoms with Crippen LogP contribution in [0.4, 0.5) is 5.69 Å². The topological polar surface area (TPSA) is 43.8 Å². The van der Waals surface area contributed by atoms with Crippen LogP contribution in [0, 0.1) is 6.07 Å². The Labute approximate surface area is 106 Å². The Morgan fingerprint density at radius 2 is 2.22 bits per heavy atom. The summed E-state index contributed by atoms with van der Waals surface area (Å²) >= 11 is 0. The van der Waals surface area contributed by atoms with Crippen molar-refractivity contribution in [2.24, 2.45) is 0 Å². The molecule has 1 radical (unpaired) electrons. The van der Waals surface area contributed by atoms with Crippen LogP contribution in [0.2, 0.25) is 0 Å². The van der Waals surface area contributed by atoms with Gasteiger partial charge in [0.15, 0.2) is 0 Å². The molecule has 0 amide bonds. The maximum atomic E-state index is 5.81. The van der Waals surface area contributed by atoms with E-state index in [-0.39, 0.29) is 0 Å². The zero-order valence-electron chi connectivity index (χ0n) is 10.2. The molecular formula is C15H14N3.